The molecule has 1 aromatic carbocycles. The first-order chi connectivity index (χ1) is 9.93. The zero-order chi connectivity index (χ0) is 15.6. The molecule has 1 aliphatic rings. The maximum atomic E-state index is 12.4. The lowest BCUT2D eigenvalue weighted by molar-refractivity contribution is -0.385. The Kier molecular flexibility index (Phi) is 4.57. The molecule has 6 nitrogen and oxygen atoms in total. The number of carbonyl (C=O) groups excluding carboxylic acids is 1. The molecule has 21 heavy (non-hydrogen) atoms. The van der Waals surface area contributed by atoms with Crippen LogP contribution < -0.4 is 0 Å². The first-order valence-corrected chi connectivity index (χ1v) is 7.18. The minimum atomic E-state index is -0.535. The Morgan fingerprint density at radius 3 is 2.81 bits per heavy atom. The molecule has 1 saturated heterocycles. The standard InChI is InChI=1S/C15H20N2O4/c1-3-11-4-5-12(8-13(11)17(20)21)15(19)16-7-6-10(2)14(18)9-16/h4-5,8,10,14,18H,3,6-7,9H2,1-2H3. The molecule has 1 heterocycles. The van der Waals surface area contributed by atoms with Crippen LogP contribution in [-0.2, 0) is 6.42 Å². The van der Waals surface area contributed by atoms with Gasteiger partial charge in [0.05, 0.1) is 11.0 Å². The van der Waals surface area contributed by atoms with E-state index < -0.39 is 11.0 Å². The minimum absolute atomic E-state index is 0.0192. The van der Waals surface area contributed by atoms with Crippen molar-refractivity contribution in [2.75, 3.05) is 13.1 Å². The zero-order valence-electron chi connectivity index (χ0n) is 12.3. The van der Waals surface area contributed by atoms with Crippen molar-refractivity contribution < 1.29 is 14.8 Å². The van der Waals surface area contributed by atoms with Crippen molar-refractivity contribution >= 4 is 11.6 Å². The summed E-state index contributed by atoms with van der Waals surface area (Å²) in [4.78, 5) is 24.6. The van der Waals surface area contributed by atoms with Crippen LogP contribution in [0, 0.1) is 16.0 Å². The number of aryl methyl sites for hydroxylation is 1. The summed E-state index contributed by atoms with van der Waals surface area (Å²) >= 11 is 0. The average molecular weight is 292 g/mol. The minimum Gasteiger partial charge on any atom is -0.391 e. The van der Waals surface area contributed by atoms with Gasteiger partial charge in [-0.2, -0.15) is 0 Å². The molecular formula is C15H20N2O4. The lowest BCUT2D eigenvalue weighted by atomic mass is 9.95. The maximum Gasteiger partial charge on any atom is 0.273 e. The van der Waals surface area contributed by atoms with E-state index in [0.717, 1.165) is 6.42 Å². The smallest absolute Gasteiger partial charge is 0.273 e. The highest BCUT2D eigenvalue weighted by Gasteiger charge is 2.28. The van der Waals surface area contributed by atoms with Crippen LogP contribution in [0.1, 0.15) is 36.2 Å². The SMILES string of the molecule is CCc1ccc(C(=O)N2CCC(C)C(O)C2)cc1[N+](=O)[O-]. The zero-order valence-corrected chi connectivity index (χ0v) is 12.3. The van der Waals surface area contributed by atoms with Gasteiger partial charge in [-0.3, -0.25) is 14.9 Å². The molecule has 2 atom stereocenters. The number of nitro groups is 1. The van der Waals surface area contributed by atoms with Gasteiger partial charge in [0.25, 0.3) is 11.6 Å². The van der Waals surface area contributed by atoms with E-state index in [2.05, 4.69) is 0 Å². The molecule has 0 saturated carbocycles. The number of nitro benzene ring substituents is 1. The number of amides is 1. The molecule has 0 aromatic heterocycles. The summed E-state index contributed by atoms with van der Waals surface area (Å²) in [6.45, 7) is 4.64. The number of hydrogen-bond donors (Lipinski definition) is 1. The fourth-order valence-electron chi connectivity index (χ4n) is 2.58. The number of hydrogen-bond acceptors (Lipinski definition) is 4. The second-order valence-electron chi connectivity index (χ2n) is 5.54. The summed E-state index contributed by atoms with van der Waals surface area (Å²) in [6, 6.07) is 4.60. The van der Waals surface area contributed by atoms with Gasteiger partial charge in [-0.15, -0.1) is 0 Å². The van der Waals surface area contributed by atoms with Gasteiger partial charge in [0.15, 0.2) is 0 Å². The van der Waals surface area contributed by atoms with Gasteiger partial charge in [-0.1, -0.05) is 19.9 Å². The number of piperidine rings is 1. The first-order valence-electron chi connectivity index (χ1n) is 7.18. The summed E-state index contributed by atoms with van der Waals surface area (Å²) < 4.78 is 0. The van der Waals surface area contributed by atoms with Crippen LogP contribution in [0.25, 0.3) is 0 Å². The highest BCUT2D eigenvalue weighted by Crippen LogP contribution is 2.24. The molecule has 0 bridgehead atoms. The van der Waals surface area contributed by atoms with Gasteiger partial charge >= 0.3 is 0 Å². The van der Waals surface area contributed by atoms with E-state index >= 15 is 0 Å². The van der Waals surface area contributed by atoms with Crippen molar-refractivity contribution in [2.45, 2.75) is 32.8 Å². The third-order valence-electron chi connectivity index (χ3n) is 4.12. The molecule has 1 aliphatic heterocycles. The number of aliphatic hydroxyl groups is 1. The molecule has 0 aliphatic carbocycles. The van der Waals surface area contributed by atoms with Crippen molar-refractivity contribution in [1.82, 2.24) is 4.90 Å². The van der Waals surface area contributed by atoms with Crippen molar-refractivity contribution in [3.8, 4) is 0 Å². The van der Waals surface area contributed by atoms with Gasteiger partial charge in [0.1, 0.15) is 0 Å². The Hall–Kier alpha value is -1.95. The Morgan fingerprint density at radius 1 is 1.52 bits per heavy atom. The summed E-state index contributed by atoms with van der Waals surface area (Å²) in [5, 5.41) is 20.9. The van der Waals surface area contributed by atoms with Crippen LogP contribution in [0.15, 0.2) is 18.2 Å². The van der Waals surface area contributed by atoms with E-state index in [-0.39, 0.29) is 24.1 Å². The monoisotopic (exact) mass is 292 g/mol. The van der Waals surface area contributed by atoms with Crippen molar-refractivity contribution in [1.29, 1.82) is 0 Å². The maximum absolute atomic E-state index is 12.4. The lowest BCUT2D eigenvalue weighted by Crippen LogP contribution is -2.45. The van der Waals surface area contributed by atoms with Gasteiger partial charge in [0.2, 0.25) is 0 Å². The number of nitrogens with zero attached hydrogens (tertiary/aromatic N) is 2. The summed E-state index contributed by atoms with van der Waals surface area (Å²) in [7, 11) is 0. The van der Waals surface area contributed by atoms with Gasteiger partial charge < -0.3 is 10.0 Å². The Bertz CT molecular complexity index is 559. The number of β-amino-alcohol motifs (C(OH)–C–C–N with tert-alkyl or cyclic N) is 1. The molecule has 1 fully saturated rings. The van der Waals surface area contributed by atoms with E-state index in [4.69, 9.17) is 0 Å². The van der Waals surface area contributed by atoms with Crippen LogP contribution in [0.3, 0.4) is 0 Å². The Labute approximate surface area is 123 Å². The van der Waals surface area contributed by atoms with E-state index in [1.807, 2.05) is 13.8 Å². The lowest BCUT2D eigenvalue weighted by Gasteiger charge is -2.34. The number of benzene rings is 1. The topological polar surface area (TPSA) is 83.7 Å². The molecule has 6 heteroatoms. The van der Waals surface area contributed by atoms with Crippen LogP contribution in [0.2, 0.25) is 0 Å². The van der Waals surface area contributed by atoms with Gasteiger partial charge in [0, 0.05) is 30.3 Å². The van der Waals surface area contributed by atoms with E-state index in [9.17, 15) is 20.0 Å². The summed E-state index contributed by atoms with van der Waals surface area (Å²) in [5.74, 6) is -0.0856. The second kappa shape index (κ2) is 6.22. The molecule has 1 N–H and O–H groups in total. The van der Waals surface area contributed by atoms with Gasteiger partial charge in [-0.05, 0) is 24.8 Å². The molecule has 1 amide bonds. The highest BCUT2D eigenvalue weighted by atomic mass is 16.6. The van der Waals surface area contributed by atoms with Crippen LogP contribution >= 0.6 is 0 Å². The van der Waals surface area contributed by atoms with Crippen molar-refractivity contribution in [3.63, 3.8) is 0 Å². The third-order valence-corrected chi connectivity index (χ3v) is 4.12. The van der Waals surface area contributed by atoms with E-state index in [0.29, 0.717) is 24.1 Å². The fourth-order valence-corrected chi connectivity index (χ4v) is 2.58. The quantitative estimate of drug-likeness (QED) is 0.682. The Balaban J connectivity index is 2.23. The first kappa shape index (κ1) is 15.4. The number of likely N-dealkylation sites (tertiary alicyclic amines) is 1. The van der Waals surface area contributed by atoms with Crippen molar-refractivity contribution in [3.05, 3.63) is 39.4 Å². The fraction of sp³-hybridized carbons (Fsp3) is 0.533. The molecule has 1 aromatic rings. The molecule has 0 radical (unpaired) electrons. The second-order valence-corrected chi connectivity index (χ2v) is 5.54. The van der Waals surface area contributed by atoms with Crippen LogP contribution in [0.5, 0.6) is 0 Å². The molecule has 114 valence electrons. The molecular weight excluding hydrogens is 272 g/mol. The summed E-state index contributed by atoms with van der Waals surface area (Å²) in [6.07, 6.45) is 0.750. The van der Waals surface area contributed by atoms with Crippen LogP contribution in [-0.4, -0.2) is 40.0 Å². The number of aliphatic hydroxyl groups excluding tert-OH is 1. The summed E-state index contributed by atoms with van der Waals surface area (Å²) in [5.41, 5.74) is 0.902. The van der Waals surface area contributed by atoms with Gasteiger partial charge in [-0.25, -0.2) is 0 Å². The molecule has 0 spiro atoms. The number of rotatable bonds is 3. The molecule has 2 rings (SSSR count). The third kappa shape index (κ3) is 3.21. The highest BCUT2D eigenvalue weighted by molar-refractivity contribution is 5.95. The van der Waals surface area contributed by atoms with Crippen LogP contribution in [0.4, 0.5) is 5.69 Å². The normalized spacial score (nSPS) is 22.1. The predicted octanol–water partition coefficient (Wildman–Crippen LogP) is 2.00. The molecule has 2 unspecified atom stereocenters. The largest absolute Gasteiger partial charge is 0.391 e. The Morgan fingerprint density at radius 2 is 2.24 bits per heavy atom. The predicted molar refractivity (Wildman–Crippen MR) is 78.2 cm³/mol. The van der Waals surface area contributed by atoms with E-state index in [1.54, 1.807) is 17.0 Å². The number of carbonyl (C=O) groups is 1. The van der Waals surface area contributed by atoms with E-state index in [1.165, 1.54) is 6.07 Å². The van der Waals surface area contributed by atoms with Crippen molar-refractivity contribution in [2.24, 2.45) is 5.92 Å². The average Bonchev–Trinajstić information content (AvgIpc) is 2.48.